The van der Waals surface area contributed by atoms with E-state index in [-0.39, 0.29) is 12.6 Å². The molecule has 0 N–H and O–H groups in total. The van der Waals surface area contributed by atoms with E-state index in [2.05, 4.69) is 9.88 Å². The fraction of sp³-hybridized carbons (Fsp3) is 0.353. The standard InChI is InChI=1S/C17H17F4N3/c1-11-9-23(10-12-5-3-2-4-6-12)7-8-24(11)15-13(18)16(20)22-17(21)14(15)19/h2-6,11H,7-10H2,1H3/t11-/m1/s1. The second-order valence-electron chi connectivity index (χ2n) is 5.93. The van der Waals surface area contributed by atoms with Crippen LogP contribution in [0.15, 0.2) is 30.3 Å². The first-order valence-electron chi connectivity index (χ1n) is 7.70. The molecule has 0 aliphatic carbocycles. The Morgan fingerprint density at radius 3 is 2.21 bits per heavy atom. The Kier molecular flexibility index (Phi) is 4.71. The lowest BCUT2D eigenvalue weighted by atomic mass is 10.1. The molecule has 0 radical (unpaired) electrons. The van der Waals surface area contributed by atoms with Crippen LogP contribution in [0.5, 0.6) is 0 Å². The maximum atomic E-state index is 13.9. The van der Waals surface area contributed by atoms with Gasteiger partial charge < -0.3 is 4.90 Å². The topological polar surface area (TPSA) is 19.4 Å². The summed E-state index contributed by atoms with van der Waals surface area (Å²) < 4.78 is 54.6. The molecular formula is C17H17F4N3. The summed E-state index contributed by atoms with van der Waals surface area (Å²) in [6.07, 6.45) is 0. The fourth-order valence-electron chi connectivity index (χ4n) is 3.08. The summed E-state index contributed by atoms with van der Waals surface area (Å²) in [6, 6.07) is 9.54. The van der Waals surface area contributed by atoms with Gasteiger partial charge in [0, 0.05) is 32.2 Å². The van der Waals surface area contributed by atoms with Crippen molar-refractivity contribution in [1.29, 1.82) is 0 Å². The number of nitrogens with zero attached hydrogens (tertiary/aromatic N) is 3. The highest BCUT2D eigenvalue weighted by molar-refractivity contribution is 5.50. The van der Waals surface area contributed by atoms with Gasteiger partial charge in [-0.2, -0.15) is 22.5 Å². The van der Waals surface area contributed by atoms with Gasteiger partial charge in [-0.25, -0.2) is 0 Å². The number of anilines is 1. The molecule has 1 aliphatic rings. The number of benzene rings is 1. The molecule has 0 spiro atoms. The van der Waals surface area contributed by atoms with Gasteiger partial charge in [0.15, 0.2) is 0 Å². The first-order valence-corrected chi connectivity index (χ1v) is 7.70. The van der Waals surface area contributed by atoms with E-state index >= 15 is 0 Å². The summed E-state index contributed by atoms with van der Waals surface area (Å²) in [5.41, 5.74) is 0.461. The Bertz CT molecular complexity index is 697. The minimum Gasteiger partial charge on any atom is -0.361 e. The molecule has 0 saturated carbocycles. The van der Waals surface area contributed by atoms with E-state index in [1.807, 2.05) is 30.3 Å². The van der Waals surface area contributed by atoms with Gasteiger partial charge in [-0.15, -0.1) is 0 Å². The van der Waals surface area contributed by atoms with Gasteiger partial charge in [0.1, 0.15) is 5.69 Å². The highest BCUT2D eigenvalue weighted by Crippen LogP contribution is 2.29. The van der Waals surface area contributed by atoms with Gasteiger partial charge in [0.05, 0.1) is 0 Å². The van der Waals surface area contributed by atoms with E-state index in [9.17, 15) is 17.6 Å². The third-order valence-electron chi connectivity index (χ3n) is 4.22. The van der Waals surface area contributed by atoms with E-state index in [0.29, 0.717) is 19.6 Å². The molecule has 1 atom stereocenters. The van der Waals surface area contributed by atoms with Crippen molar-refractivity contribution in [2.24, 2.45) is 0 Å². The number of rotatable bonds is 3. The molecule has 2 heterocycles. The summed E-state index contributed by atoms with van der Waals surface area (Å²) in [6.45, 7) is 3.81. The normalized spacial score (nSPS) is 18.9. The first kappa shape index (κ1) is 16.7. The molecule has 128 valence electrons. The van der Waals surface area contributed by atoms with Crippen molar-refractivity contribution in [2.75, 3.05) is 24.5 Å². The number of pyridine rings is 1. The van der Waals surface area contributed by atoms with Crippen LogP contribution in [0.25, 0.3) is 0 Å². The molecule has 0 amide bonds. The Morgan fingerprint density at radius 1 is 1.00 bits per heavy atom. The number of hydrogen-bond donors (Lipinski definition) is 0. The number of piperazine rings is 1. The molecule has 1 saturated heterocycles. The second kappa shape index (κ2) is 6.76. The number of aromatic nitrogens is 1. The van der Waals surface area contributed by atoms with Gasteiger partial charge in [-0.05, 0) is 12.5 Å². The van der Waals surface area contributed by atoms with Crippen LogP contribution in [0, 0.1) is 23.5 Å². The predicted octanol–water partition coefficient (Wildman–Crippen LogP) is 3.35. The highest BCUT2D eigenvalue weighted by Gasteiger charge is 2.31. The van der Waals surface area contributed by atoms with Crippen molar-refractivity contribution >= 4 is 5.69 Å². The van der Waals surface area contributed by atoms with Gasteiger partial charge in [0.25, 0.3) is 11.9 Å². The SMILES string of the molecule is C[C@@H]1CN(Cc2ccccc2)CCN1c1c(F)c(F)nc(F)c1F. The fourth-order valence-corrected chi connectivity index (χ4v) is 3.08. The minimum absolute atomic E-state index is 0.269. The van der Waals surface area contributed by atoms with Crippen molar-refractivity contribution in [2.45, 2.75) is 19.5 Å². The minimum atomic E-state index is -1.62. The van der Waals surface area contributed by atoms with E-state index in [0.717, 1.165) is 5.56 Å². The average molecular weight is 339 g/mol. The lowest BCUT2D eigenvalue weighted by Gasteiger charge is -2.41. The Balaban J connectivity index is 1.77. The maximum absolute atomic E-state index is 13.9. The van der Waals surface area contributed by atoms with Crippen LogP contribution < -0.4 is 4.90 Å². The Morgan fingerprint density at radius 2 is 1.62 bits per heavy atom. The Labute approximate surface area is 137 Å². The quantitative estimate of drug-likeness (QED) is 0.631. The van der Waals surface area contributed by atoms with E-state index in [4.69, 9.17) is 0 Å². The van der Waals surface area contributed by atoms with E-state index in [1.165, 1.54) is 4.90 Å². The molecule has 7 heteroatoms. The van der Waals surface area contributed by atoms with Crippen LogP contribution in [0.1, 0.15) is 12.5 Å². The van der Waals surface area contributed by atoms with Crippen molar-refractivity contribution in [1.82, 2.24) is 9.88 Å². The molecule has 1 aromatic carbocycles. The molecule has 1 aliphatic heterocycles. The van der Waals surface area contributed by atoms with Gasteiger partial charge in [-0.1, -0.05) is 30.3 Å². The van der Waals surface area contributed by atoms with Gasteiger partial charge in [-0.3, -0.25) is 4.90 Å². The molecule has 1 fully saturated rings. The summed E-state index contributed by atoms with van der Waals surface area (Å²) in [7, 11) is 0. The zero-order valence-corrected chi connectivity index (χ0v) is 13.1. The van der Waals surface area contributed by atoms with Crippen LogP contribution >= 0.6 is 0 Å². The number of hydrogen-bond acceptors (Lipinski definition) is 3. The summed E-state index contributed by atoms with van der Waals surface area (Å²) >= 11 is 0. The second-order valence-corrected chi connectivity index (χ2v) is 5.93. The van der Waals surface area contributed by atoms with Crippen LogP contribution in [0.2, 0.25) is 0 Å². The van der Waals surface area contributed by atoms with E-state index in [1.54, 1.807) is 6.92 Å². The third-order valence-corrected chi connectivity index (χ3v) is 4.22. The lowest BCUT2D eigenvalue weighted by molar-refractivity contribution is 0.218. The number of halogens is 4. The lowest BCUT2D eigenvalue weighted by Crippen LogP contribution is -2.52. The van der Waals surface area contributed by atoms with Crippen LogP contribution in [0.4, 0.5) is 23.2 Å². The molecule has 2 aromatic rings. The molecule has 3 rings (SSSR count). The maximum Gasteiger partial charge on any atom is 0.253 e. The summed E-state index contributed by atoms with van der Waals surface area (Å²) in [4.78, 5) is 6.10. The molecule has 1 aromatic heterocycles. The Hall–Kier alpha value is -2.15. The summed E-state index contributed by atoms with van der Waals surface area (Å²) in [5, 5.41) is 0. The first-order chi connectivity index (χ1) is 11.5. The average Bonchev–Trinajstić information content (AvgIpc) is 2.56. The van der Waals surface area contributed by atoms with Crippen LogP contribution in [0.3, 0.4) is 0 Å². The van der Waals surface area contributed by atoms with Gasteiger partial charge in [0.2, 0.25) is 11.6 Å². The van der Waals surface area contributed by atoms with Crippen LogP contribution in [-0.2, 0) is 6.54 Å². The van der Waals surface area contributed by atoms with Crippen LogP contribution in [-0.4, -0.2) is 35.6 Å². The smallest absolute Gasteiger partial charge is 0.253 e. The third kappa shape index (κ3) is 3.21. The molecular weight excluding hydrogens is 322 g/mol. The molecule has 0 bridgehead atoms. The highest BCUT2D eigenvalue weighted by atomic mass is 19.2. The van der Waals surface area contributed by atoms with Crippen molar-refractivity contribution in [3.63, 3.8) is 0 Å². The van der Waals surface area contributed by atoms with Crippen molar-refractivity contribution in [3.05, 3.63) is 59.4 Å². The van der Waals surface area contributed by atoms with Crippen molar-refractivity contribution < 1.29 is 17.6 Å². The van der Waals surface area contributed by atoms with Gasteiger partial charge >= 0.3 is 0 Å². The summed E-state index contributed by atoms with van der Waals surface area (Å²) in [5.74, 6) is -6.14. The molecule has 0 unspecified atom stereocenters. The zero-order valence-electron chi connectivity index (χ0n) is 13.1. The molecule has 3 nitrogen and oxygen atoms in total. The largest absolute Gasteiger partial charge is 0.361 e. The van der Waals surface area contributed by atoms with Crippen molar-refractivity contribution in [3.8, 4) is 0 Å². The molecule has 24 heavy (non-hydrogen) atoms. The zero-order chi connectivity index (χ0) is 17.3. The van der Waals surface area contributed by atoms with E-state index < -0.39 is 29.2 Å². The predicted molar refractivity (Wildman–Crippen MR) is 82.6 cm³/mol. The monoisotopic (exact) mass is 339 g/mol.